The summed E-state index contributed by atoms with van der Waals surface area (Å²) in [6.45, 7) is 11.0. The Labute approximate surface area is 99.2 Å². The molecular weight excluding hydrogens is 208 g/mol. The van der Waals surface area contributed by atoms with Crippen molar-refractivity contribution in [1.29, 1.82) is 0 Å². The van der Waals surface area contributed by atoms with Crippen molar-refractivity contribution in [2.24, 2.45) is 11.8 Å². The van der Waals surface area contributed by atoms with Crippen LogP contribution in [-0.2, 0) is 0 Å². The van der Waals surface area contributed by atoms with E-state index in [9.17, 15) is 8.78 Å². The van der Waals surface area contributed by atoms with Gasteiger partial charge in [0, 0.05) is 6.92 Å². The number of hydrogen-bond acceptors (Lipinski definition) is 1. The number of rotatable bonds is 3. The predicted molar refractivity (Wildman–Crippen MR) is 66.0 cm³/mol. The van der Waals surface area contributed by atoms with Crippen molar-refractivity contribution in [3.63, 3.8) is 0 Å². The van der Waals surface area contributed by atoms with Gasteiger partial charge in [0.15, 0.2) is 0 Å². The topological polar surface area (TPSA) is 3.24 Å². The van der Waals surface area contributed by atoms with Crippen molar-refractivity contribution >= 4 is 0 Å². The minimum atomic E-state index is -2.54. The fraction of sp³-hybridized carbons (Fsp3) is 1.00. The number of alkyl halides is 2. The lowest BCUT2D eigenvalue weighted by Gasteiger charge is -2.34. The van der Waals surface area contributed by atoms with Gasteiger partial charge < -0.3 is 0 Å². The summed E-state index contributed by atoms with van der Waals surface area (Å²) in [7, 11) is 0. The van der Waals surface area contributed by atoms with Crippen LogP contribution in [0.4, 0.5) is 8.78 Å². The SMILES string of the molecule is CC.CC(C)C1CCN(CC(C)(F)F)CC1. The molecule has 0 radical (unpaired) electrons. The molecule has 1 aliphatic heterocycles. The van der Waals surface area contributed by atoms with Crippen LogP contribution in [0.25, 0.3) is 0 Å². The van der Waals surface area contributed by atoms with Crippen molar-refractivity contribution < 1.29 is 8.78 Å². The van der Waals surface area contributed by atoms with Crippen LogP contribution in [0.15, 0.2) is 0 Å². The van der Waals surface area contributed by atoms with E-state index in [1.807, 2.05) is 18.7 Å². The molecule has 16 heavy (non-hydrogen) atoms. The molecule has 1 aliphatic rings. The Morgan fingerprint density at radius 1 is 1.19 bits per heavy atom. The molecule has 0 atom stereocenters. The molecular formula is C13H27F2N. The van der Waals surface area contributed by atoms with E-state index in [1.54, 1.807) is 0 Å². The van der Waals surface area contributed by atoms with Gasteiger partial charge >= 0.3 is 0 Å². The normalized spacial score (nSPS) is 19.5. The number of likely N-dealkylation sites (tertiary alicyclic amines) is 1. The van der Waals surface area contributed by atoms with Gasteiger partial charge in [-0.1, -0.05) is 27.7 Å². The Hall–Kier alpha value is -0.180. The van der Waals surface area contributed by atoms with Crippen LogP contribution in [0.3, 0.4) is 0 Å². The van der Waals surface area contributed by atoms with Crippen LogP contribution in [0.2, 0.25) is 0 Å². The first-order valence-electron chi connectivity index (χ1n) is 6.48. The van der Waals surface area contributed by atoms with E-state index in [1.165, 1.54) is 0 Å². The van der Waals surface area contributed by atoms with Gasteiger partial charge in [-0.2, -0.15) is 0 Å². The summed E-state index contributed by atoms with van der Waals surface area (Å²) in [6, 6.07) is 0. The molecule has 0 saturated carbocycles. The maximum Gasteiger partial charge on any atom is 0.257 e. The van der Waals surface area contributed by atoms with Gasteiger partial charge in [-0.25, -0.2) is 8.78 Å². The molecule has 98 valence electrons. The molecule has 0 aromatic rings. The van der Waals surface area contributed by atoms with Crippen molar-refractivity contribution in [3.8, 4) is 0 Å². The van der Waals surface area contributed by atoms with Crippen LogP contribution in [0, 0.1) is 11.8 Å². The van der Waals surface area contributed by atoms with E-state index in [4.69, 9.17) is 0 Å². The molecule has 0 unspecified atom stereocenters. The van der Waals surface area contributed by atoms with E-state index in [0.29, 0.717) is 5.92 Å². The number of nitrogens with zero attached hydrogens (tertiary/aromatic N) is 1. The minimum absolute atomic E-state index is 0.0716. The highest BCUT2D eigenvalue weighted by Crippen LogP contribution is 2.26. The second-order valence-electron chi connectivity index (χ2n) is 4.93. The van der Waals surface area contributed by atoms with Gasteiger partial charge in [-0.3, -0.25) is 4.90 Å². The lowest BCUT2D eigenvalue weighted by molar-refractivity contribution is -0.0239. The minimum Gasteiger partial charge on any atom is -0.297 e. The van der Waals surface area contributed by atoms with Gasteiger partial charge in [0.05, 0.1) is 6.54 Å². The van der Waals surface area contributed by atoms with E-state index in [-0.39, 0.29) is 6.54 Å². The summed E-state index contributed by atoms with van der Waals surface area (Å²) >= 11 is 0. The Bertz CT molecular complexity index is 167. The van der Waals surface area contributed by atoms with Crippen LogP contribution in [-0.4, -0.2) is 30.5 Å². The molecule has 0 spiro atoms. The molecule has 0 aliphatic carbocycles. The second kappa shape index (κ2) is 7.21. The summed E-state index contributed by atoms with van der Waals surface area (Å²) in [5, 5.41) is 0. The molecule has 1 fully saturated rings. The van der Waals surface area contributed by atoms with Crippen LogP contribution in [0.5, 0.6) is 0 Å². The largest absolute Gasteiger partial charge is 0.297 e. The average molecular weight is 235 g/mol. The molecule has 1 rings (SSSR count). The maximum absolute atomic E-state index is 12.7. The zero-order valence-corrected chi connectivity index (χ0v) is 11.4. The fourth-order valence-corrected chi connectivity index (χ4v) is 2.17. The first kappa shape index (κ1) is 15.8. The molecule has 1 nitrogen and oxygen atoms in total. The van der Waals surface area contributed by atoms with Crippen LogP contribution < -0.4 is 0 Å². The standard InChI is InChI=1S/C11H21F2N.C2H6/c1-9(2)10-4-6-14(7-5-10)8-11(3,12)13;1-2/h9-10H,4-8H2,1-3H3;1-2H3. The zero-order valence-electron chi connectivity index (χ0n) is 11.4. The fourth-order valence-electron chi connectivity index (χ4n) is 2.17. The maximum atomic E-state index is 12.7. The monoisotopic (exact) mass is 235 g/mol. The third kappa shape index (κ3) is 6.41. The molecule has 1 heterocycles. The molecule has 0 bridgehead atoms. The lowest BCUT2D eigenvalue weighted by atomic mass is 9.87. The Kier molecular flexibility index (Phi) is 7.12. The molecule has 1 saturated heterocycles. The Morgan fingerprint density at radius 2 is 1.62 bits per heavy atom. The number of hydrogen-bond donors (Lipinski definition) is 0. The lowest BCUT2D eigenvalue weighted by Crippen LogP contribution is -2.41. The van der Waals surface area contributed by atoms with E-state index < -0.39 is 5.92 Å². The first-order valence-corrected chi connectivity index (χ1v) is 6.48. The highest BCUT2D eigenvalue weighted by Gasteiger charge is 2.28. The second-order valence-corrected chi connectivity index (χ2v) is 4.93. The van der Waals surface area contributed by atoms with Crippen LogP contribution >= 0.6 is 0 Å². The van der Waals surface area contributed by atoms with Crippen LogP contribution in [0.1, 0.15) is 47.5 Å². The summed E-state index contributed by atoms with van der Waals surface area (Å²) in [5.41, 5.74) is 0. The summed E-state index contributed by atoms with van der Waals surface area (Å²) in [5.74, 6) is -1.11. The third-order valence-corrected chi connectivity index (χ3v) is 3.08. The van der Waals surface area contributed by atoms with Gasteiger partial charge in [-0.15, -0.1) is 0 Å². The highest BCUT2D eigenvalue weighted by molar-refractivity contribution is 4.76. The van der Waals surface area contributed by atoms with Crippen molar-refractivity contribution in [2.75, 3.05) is 19.6 Å². The van der Waals surface area contributed by atoms with E-state index in [2.05, 4.69) is 13.8 Å². The summed E-state index contributed by atoms with van der Waals surface area (Å²) in [4.78, 5) is 1.89. The first-order chi connectivity index (χ1) is 7.38. The van der Waals surface area contributed by atoms with Crippen molar-refractivity contribution in [3.05, 3.63) is 0 Å². The zero-order chi connectivity index (χ0) is 12.8. The Morgan fingerprint density at radius 3 is 1.94 bits per heavy atom. The highest BCUT2D eigenvalue weighted by atomic mass is 19.3. The van der Waals surface area contributed by atoms with E-state index in [0.717, 1.165) is 38.8 Å². The smallest absolute Gasteiger partial charge is 0.257 e. The van der Waals surface area contributed by atoms with Gasteiger partial charge in [-0.05, 0) is 37.8 Å². The molecule has 0 aromatic heterocycles. The van der Waals surface area contributed by atoms with Crippen molar-refractivity contribution in [2.45, 2.75) is 53.4 Å². The average Bonchev–Trinajstić information content (AvgIpc) is 2.19. The number of piperidine rings is 1. The molecule has 0 amide bonds. The number of halogens is 2. The quantitative estimate of drug-likeness (QED) is 0.713. The molecule has 0 aromatic carbocycles. The predicted octanol–water partition coefficient (Wildman–Crippen LogP) is 4.04. The van der Waals surface area contributed by atoms with E-state index >= 15 is 0 Å². The Balaban J connectivity index is 0.00000106. The molecule has 0 N–H and O–H groups in total. The third-order valence-electron chi connectivity index (χ3n) is 3.08. The summed E-state index contributed by atoms with van der Waals surface area (Å²) < 4.78 is 25.4. The summed E-state index contributed by atoms with van der Waals surface area (Å²) in [6.07, 6.45) is 2.15. The van der Waals surface area contributed by atoms with Crippen molar-refractivity contribution in [1.82, 2.24) is 4.90 Å². The van der Waals surface area contributed by atoms with Gasteiger partial charge in [0.2, 0.25) is 0 Å². The molecule has 3 heteroatoms. The van der Waals surface area contributed by atoms with Gasteiger partial charge in [0.1, 0.15) is 0 Å². The van der Waals surface area contributed by atoms with Gasteiger partial charge in [0.25, 0.3) is 5.92 Å².